The largest absolute Gasteiger partial charge is 0.356 e. The number of halogens is 1. The molecule has 0 aromatic carbocycles. The first kappa shape index (κ1) is 11.0. The first-order valence-corrected chi connectivity index (χ1v) is 4.64. The van der Waals surface area contributed by atoms with Gasteiger partial charge in [-0.25, -0.2) is 0 Å². The zero-order valence-electron chi connectivity index (χ0n) is 7.41. The fourth-order valence-electron chi connectivity index (χ4n) is 0.565. The van der Waals surface area contributed by atoms with E-state index in [0.29, 0.717) is 4.32 Å². The Hall–Kier alpha value is -0.0500. The molecule has 0 radical (unpaired) electrons. The Kier molecular flexibility index (Phi) is 4.73. The van der Waals surface area contributed by atoms with Crippen molar-refractivity contribution in [1.82, 2.24) is 5.32 Å². The van der Waals surface area contributed by atoms with E-state index < -0.39 is 0 Å². The summed E-state index contributed by atoms with van der Waals surface area (Å²) < 4.78 is 0.312. The second-order valence-corrected chi connectivity index (χ2v) is 5.90. The van der Waals surface area contributed by atoms with Crippen LogP contribution in [0.15, 0.2) is 0 Å². The van der Waals surface area contributed by atoms with Crippen molar-refractivity contribution in [2.45, 2.75) is 37.9 Å². The molecule has 1 saturated heterocycles. The quantitative estimate of drug-likeness (QED) is 0.624. The molecule has 0 aliphatic carbocycles. The van der Waals surface area contributed by atoms with Gasteiger partial charge in [0.1, 0.15) is 0 Å². The van der Waals surface area contributed by atoms with E-state index in [1.165, 1.54) is 0 Å². The molecule has 1 fully saturated rings. The lowest BCUT2D eigenvalue weighted by molar-refractivity contribution is -0.119. The van der Waals surface area contributed by atoms with E-state index in [-0.39, 0.29) is 5.91 Å². The van der Waals surface area contributed by atoms with Crippen LogP contribution in [0.5, 0.6) is 0 Å². The van der Waals surface area contributed by atoms with Crippen molar-refractivity contribution in [3.63, 3.8) is 0 Å². The standard InChI is InChI=1S/C4H9Br.C4H7NO/c1-4(2,3)5;6-4-2-1-3-5-4/h1-3H3;1-3H2,(H,5,6). The number of amides is 1. The topological polar surface area (TPSA) is 29.1 Å². The minimum absolute atomic E-state index is 0.204. The molecule has 0 unspecified atom stereocenters. The molecule has 3 heteroatoms. The van der Waals surface area contributed by atoms with Gasteiger partial charge < -0.3 is 5.32 Å². The zero-order valence-corrected chi connectivity index (χ0v) is 8.99. The Balaban J connectivity index is 0.000000187. The molecular formula is C8H16BrNO. The molecule has 0 spiro atoms. The molecule has 0 aromatic heterocycles. The third-order valence-electron chi connectivity index (χ3n) is 0.903. The van der Waals surface area contributed by atoms with Crippen LogP contribution < -0.4 is 5.32 Å². The lowest BCUT2D eigenvalue weighted by Gasteiger charge is -2.02. The molecule has 1 amide bonds. The average molecular weight is 222 g/mol. The highest BCUT2D eigenvalue weighted by Crippen LogP contribution is 2.11. The number of carbonyl (C=O) groups is 1. The minimum Gasteiger partial charge on any atom is -0.356 e. The van der Waals surface area contributed by atoms with Crippen LogP contribution in [0.1, 0.15) is 33.6 Å². The maximum atomic E-state index is 10.1. The smallest absolute Gasteiger partial charge is 0.220 e. The van der Waals surface area contributed by atoms with Crippen molar-refractivity contribution in [3.05, 3.63) is 0 Å². The zero-order chi connectivity index (χ0) is 8.91. The maximum absolute atomic E-state index is 10.1. The van der Waals surface area contributed by atoms with Crippen molar-refractivity contribution in [2.75, 3.05) is 6.54 Å². The van der Waals surface area contributed by atoms with Crippen LogP contribution in [-0.4, -0.2) is 16.8 Å². The number of hydrogen-bond acceptors (Lipinski definition) is 1. The van der Waals surface area contributed by atoms with Crippen molar-refractivity contribution >= 4 is 21.8 Å². The van der Waals surface area contributed by atoms with Gasteiger partial charge in [0, 0.05) is 17.3 Å². The summed E-state index contributed by atoms with van der Waals surface area (Å²) in [5.41, 5.74) is 0. The Morgan fingerprint density at radius 2 is 1.91 bits per heavy atom. The van der Waals surface area contributed by atoms with Gasteiger partial charge in [0.2, 0.25) is 5.91 Å². The summed E-state index contributed by atoms with van der Waals surface area (Å²) >= 11 is 3.38. The van der Waals surface area contributed by atoms with Crippen LogP contribution in [0.3, 0.4) is 0 Å². The second kappa shape index (κ2) is 4.75. The highest BCUT2D eigenvalue weighted by atomic mass is 79.9. The van der Waals surface area contributed by atoms with E-state index in [2.05, 4.69) is 42.0 Å². The molecule has 1 aliphatic heterocycles. The molecule has 66 valence electrons. The summed E-state index contributed by atoms with van der Waals surface area (Å²) in [6.07, 6.45) is 1.76. The fraction of sp³-hybridized carbons (Fsp3) is 0.875. The number of carbonyl (C=O) groups excluding carboxylic acids is 1. The van der Waals surface area contributed by atoms with E-state index in [1.807, 2.05) is 0 Å². The van der Waals surface area contributed by atoms with E-state index in [9.17, 15) is 4.79 Å². The SMILES string of the molecule is CC(C)(C)Br.O=C1CCCN1. The highest BCUT2D eigenvalue weighted by molar-refractivity contribution is 9.10. The van der Waals surface area contributed by atoms with Crippen LogP contribution >= 0.6 is 15.9 Å². The first-order valence-electron chi connectivity index (χ1n) is 3.85. The Morgan fingerprint density at radius 3 is 2.00 bits per heavy atom. The maximum Gasteiger partial charge on any atom is 0.220 e. The number of rotatable bonds is 0. The Labute approximate surface area is 76.9 Å². The van der Waals surface area contributed by atoms with Crippen molar-refractivity contribution in [1.29, 1.82) is 0 Å². The molecule has 1 rings (SSSR count). The van der Waals surface area contributed by atoms with E-state index in [1.54, 1.807) is 0 Å². The van der Waals surface area contributed by atoms with Gasteiger partial charge in [0.25, 0.3) is 0 Å². The van der Waals surface area contributed by atoms with E-state index >= 15 is 0 Å². The van der Waals surface area contributed by atoms with Crippen molar-refractivity contribution < 1.29 is 4.79 Å². The second-order valence-electron chi connectivity index (χ2n) is 3.52. The molecule has 1 aliphatic rings. The van der Waals surface area contributed by atoms with Crippen LogP contribution in [0, 0.1) is 0 Å². The van der Waals surface area contributed by atoms with Crippen LogP contribution in [-0.2, 0) is 4.79 Å². The predicted molar refractivity (Wildman–Crippen MR) is 50.9 cm³/mol. The molecule has 2 nitrogen and oxygen atoms in total. The van der Waals surface area contributed by atoms with Gasteiger partial charge in [0.05, 0.1) is 0 Å². The molecule has 1 heterocycles. The third kappa shape index (κ3) is 13.0. The number of hydrogen-bond donors (Lipinski definition) is 1. The van der Waals surface area contributed by atoms with Gasteiger partial charge in [-0.3, -0.25) is 4.79 Å². The fourth-order valence-corrected chi connectivity index (χ4v) is 0.565. The van der Waals surface area contributed by atoms with E-state index in [0.717, 1.165) is 19.4 Å². The summed E-state index contributed by atoms with van der Waals surface area (Å²) in [6.45, 7) is 7.20. The minimum atomic E-state index is 0.204. The van der Waals surface area contributed by atoms with E-state index in [4.69, 9.17) is 0 Å². The summed E-state index contributed by atoms with van der Waals surface area (Å²) in [6, 6.07) is 0. The molecular weight excluding hydrogens is 206 g/mol. The first-order chi connectivity index (χ1) is 4.89. The number of nitrogens with one attached hydrogen (secondary N) is 1. The van der Waals surface area contributed by atoms with Crippen LogP contribution in [0.4, 0.5) is 0 Å². The molecule has 0 bridgehead atoms. The van der Waals surface area contributed by atoms with Crippen molar-refractivity contribution in [3.8, 4) is 0 Å². The molecule has 0 aromatic rings. The molecule has 11 heavy (non-hydrogen) atoms. The highest BCUT2D eigenvalue weighted by Gasteiger charge is 2.05. The van der Waals surface area contributed by atoms with Gasteiger partial charge in [-0.05, 0) is 6.42 Å². The molecule has 0 atom stereocenters. The Bertz CT molecular complexity index is 115. The van der Waals surface area contributed by atoms with Crippen LogP contribution in [0.2, 0.25) is 0 Å². The summed E-state index contributed by atoms with van der Waals surface area (Å²) in [5, 5.41) is 2.68. The van der Waals surface area contributed by atoms with Crippen LogP contribution in [0.25, 0.3) is 0 Å². The van der Waals surface area contributed by atoms with Gasteiger partial charge in [-0.15, -0.1) is 0 Å². The van der Waals surface area contributed by atoms with Gasteiger partial charge in [-0.2, -0.15) is 0 Å². The number of alkyl halides is 1. The van der Waals surface area contributed by atoms with Gasteiger partial charge >= 0.3 is 0 Å². The summed E-state index contributed by atoms with van der Waals surface area (Å²) in [7, 11) is 0. The summed E-state index contributed by atoms with van der Waals surface area (Å²) in [5.74, 6) is 0.204. The molecule has 1 N–H and O–H groups in total. The van der Waals surface area contributed by atoms with Gasteiger partial charge in [0.15, 0.2) is 0 Å². The lowest BCUT2D eigenvalue weighted by Crippen LogP contribution is -2.12. The van der Waals surface area contributed by atoms with Crippen molar-refractivity contribution in [2.24, 2.45) is 0 Å². The normalized spacial score (nSPS) is 16.9. The summed E-state index contributed by atoms with van der Waals surface area (Å²) in [4.78, 5) is 10.1. The Morgan fingerprint density at radius 1 is 1.45 bits per heavy atom. The average Bonchev–Trinajstić information content (AvgIpc) is 2.12. The monoisotopic (exact) mass is 221 g/mol. The third-order valence-corrected chi connectivity index (χ3v) is 0.903. The van der Waals surface area contributed by atoms with Gasteiger partial charge in [-0.1, -0.05) is 36.7 Å². The lowest BCUT2D eigenvalue weighted by atomic mass is 10.3. The predicted octanol–water partition coefficient (Wildman–Crippen LogP) is 2.08. The molecule has 0 saturated carbocycles.